The molecule has 1 aliphatic rings. The van der Waals surface area contributed by atoms with E-state index in [4.69, 9.17) is 15.0 Å². The Labute approximate surface area is 153 Å². The first-order valence-corrected chi connectivity index (χ1v) is 8.36. The fourth-order valence-electron chi connectivity index (χ4n) is 2.51. The highest BCUT2D eigenvalue weighted by Crippen LogP contribution is 2.38. The molecule has 0 saturated carbocycles. The summed E-state index contributed by atoms with van der Waals surface area (Å²) in [7, 11) is -0.703. The van der Waals surface area contributed by atoms with Gasteiger partial charge < -0.3 is 25.5 Å². The summed E-state index contributed by atoms with van der Waals surface area (Å²) in [6.45, 7) is 9.29. The van der Waals surface area contributed by atoms with Crippen molar-refractivity contribution in [1.29, 1.82) is 0 Å². The number of hydrogen-bond donors (Lipinski definition) is 3. The van der Waals surface area contributed by atoms with Crippen LogP contribution in [0.15, 0.2) is 23.7 Å². The van der Waals surface area contributed by atoms with Crippen LogP contribution in [0, 0.1) is 0 Å². The molecule has 1 fully saturated rings. The quantitative estimate of drug-likeness (QED) is 0.548. The van der Waals surface area contributed by atoms with E-state index >= 15 is 0 Å². The van der Waals surface area contributed by atoms with Gasteiger partial charge in [0.25, 0.3) is 0 Å². The maximum atomic E-state index is 11.5. The van der Waals surface area contributed by atoms with Crippen molar-refractivity contribution in [1.82, 2.24) is 5.32 Å². The number of carbonyl (C=O) groups is 2. The second kappa shape index (κ2) is 7.13. The number of carboxylic acids is 1. The molecular formula is C18H25BN2O5. The summed E-state index contributed by atoms with van der Waals surface area (Å²) in [5, 5.41) is 12.2. The number of benzene rings is 1. The molecule has 0 radical (unpaired) electrons. The minimum atomic E-state index is -1.09. The standard InChI is InChI=1S/C18H25BN2O5/c1-11(22)21-10-13(19-25-17(2,3)18(4,5)26-19)8-12-6-7-14(20)9-15(12)16(23)24/h6-9H,10,20H2,1-5H3,(H,21,22)(H,23,24). The van der Waals surface area contributed by atoms with Crippen LogP contribution in [0.3, 0.4) is 0 Å². The van der Waals surface area contributed by atoms with Crippen molar-refractivity contribution in [2.24, 2.45) is 0 Å². The molecule has 1 saturated heterocycles. The van der Waals surface area contributed by atoms with Gasteiger partial charge in [0.1, 0.15) is 0 Å². The molecule has 0 bridgehead atoms. The molecule has 1 aromatic carbocycles. The zero-order chi connectivity index (χ0) is 19.7. The average Bonchev–Trinajstić information content (AvgIpc) is 2.72. The summed E-state index contributed by atoms with van der Waals surface area (Å²) < 4.78 is 12.1. The molecule has 1 heterocycles. The molecule has 0 atom stereocenters. The number of anilines is 1. The number of aromatic carboxylic acids is 1. The molecule has 1 aromatic rings. The fourth-order valence-corrected chi connectivity index (χ4v) is 2.51. The van der Waals surface area contributed by atoms with Gasteiger partial charge in [-0.05, 0) is 50.9 Å². The second-order valence-electron chi connectivity index (χ2n) is 7.37. The molecule has 1 aliphatic heterocycles. The summed E-state index contributed by atoms with van der Waals surface area (Å²) >= 11 is 0. The van der Waals surface area contributed by atoms with Crippen molar-refractivity contribution >= 4 is 30.8 Å². The van der Waals surface area contributed by atoms with E-state index in [1.54, 1.807) is 18.2 Å². The Morgan fingerprint density at radius 2 is 1.81 bits per heavy atom. The van der Waals surface area contributed by atoms with Gasteiger partial charge >= 0.3 is 13.1 Å². The Morgan fingerprint density at radius 3 is 2.31 bits per heavy atom. The maximum Gasteiger partial charge on any atom is 0.492 e. The third-order valence-corrected chi connectivity index (χ3v) is 4.75. The van der Waals surface area contributed by atoms with E-state index in [2.05, 4.69) is 5.32 Å². The highest BCUT2D eigenvalue weighted by molar-refractivity contribution is 6.56. The minimum Gasteiger partial charge on any atom is -0.478 e. The van der Waals surface area contributed by atoms with Crippen LogP contribution >= 0.6 is 0 Å². The van der Waals surface area contributed by atoms with Crippen molar-refractivity contribution < 1.29 is 24.0 Å². The Hall–Kier alpha value is -2.32. The molecule has 8 heteroatoms. The summed E-state index contributed by atoms with van der Waals surface area (Å²) in [4.78, 5) is 22.9. The van der Waals surface area contributed by atoms with E-state index in [1.807, 2.05) is 27.7 Å². The normalized spacial score (nSPS) is 18.7. The third-order valence-electron chi connectivity index (χ3n) is 4.75. The number of amides is 1. The van der Waals surface area contributed by atoms with E-state index in [0.717, 1.165) is 0 Å². The maximum absolute atomic E-state index is 11.5. The topological polar surface area (TPSA) is 111 Å². The SMILES string of the molecule is CC(=O)NCC(=Cc1ccc(N)cc1C(=O)O)B1OC(C)(C)C(C)(C)O1. The van der Waals surface area contributed by atoms with Gasteiger partial charge in [-0.3, -0.25) is 4.79 Å². The van der Waals surface area contributed by atoms with Gasteiger partial charge in [0, 0.05) is 19.2 Å². The molecule has 140 valence electrons. The van der Waals surface area contributed by atoms with E-state index in [-0.39, 0.29) is 18.0 Å². The van der Waals surface area contributed by atoms with Gasteiger partial charge in [-0.1, -0.05) is 12.1 Å². The lowest BCUT2D eigenvalue weighted by Gasteiger charge is -2.32. The molecule has 4 N–H and O–H groups in total. The predicted molar refractivity (Wildman–Crippen MR) is 101 cm³/mol. The first kappa shape index (κ1) is 20.0. The van der Waals surface area contributed by atoms with Gasteiger partial charge in [0.2, 0.25) is 5.91 Å². The molecule has 1 amide bonds. The van der Waals surface area contributed by atoms with Crippen LogP contribution in [0.2, 0.25) is 0 Å². The van der Waals surface area contributed by atoms with Gasteiger partial charge in [-0.2, -0.15) is 0 Å². The van der Waals surface area contributed by atoms with Gasteiger partial charge in [-0.15, -0.1) is 0 Å². The van der Waals surface area contributed by atoms with E-state index in [0.29, 0.717) is 16.7 Å². The van der Waals surface area contributed by atoms with Crippen LogP contribution in [0.4, 0.5) is 5.69 Å². The summed E-state index contributed by atoms with van der Waals surface area (Å²) in [5.41, 5.74) is 6.10. The molecule has 0 aromatic heterocycles. The molecule has 7 nitrogen and oxygen atoms in total. The molecule has 0 spiro atoms. The largest absolute Gasteiger partial charge is 0.492 e. The van der Waals surface area contributed by atoms with E-state index in [1.165, 1.54) is 13.0 Å². The summed E-state index contributed by atoms with van der Waals surface area (Å²) in [6.07, 6.45) is 1.67. The minimum absolute atomic E-state index is 0.0712. The van der Waals surface area contributed by atoms with Crippen LogP contribution in [0.25, 0.3) is 6.08 Å². The van der Waals surface area contributed by atoms with Crippen molar-refractivity contribution in [2.45, 2.75) is 45.8 Å². The van der Waals surface area contributed by atoms with Crippen molar-refractivity contribution in [3.05, 3.63) is 34.8 Å². The lowest BCUT2D eigenvalue weighted by atomic mass is 9.76. The monoisotopic (exact) mass is 360 g/mol. The van der Waals surface area contributed by atoms with Crippen LogP contribution in [-0.4, -0.2) is 41.8 Å². The third kappa shape index (κ3) is 4.26. The number of nitrogens with two attached hydrogens (primary N) is 1. The highest BCUT2D eigenvalue weighted by Gasteiger charge is 2.52. The number of hydrogen-bond acceptors (Lipinski definition) is 5. The zero-order valence-corrected chi connectivity index (χ0v) is 15.8. The fraction of sp³-hybridized carbons (Fsp3) is 0.444. The molecular weight excluding hydrogens is 335 g/mol. The van der Waals surface area contributed by atoms with Crippen molar-refractivity contribution in [3.8, 4) is 0 Å². The summed E-state index contributed by atoms with van der Waals surface area (Å²) in [5.74, 6) is -1.29. The first-order valence-electron chi connectivity index (χ1n) is 8.36. The molecule has 0 aliphatic carbocycles. The van der Waals surface area contributed by atoms with E-state index in [9.17, 15) is 14.7 Å². The number of nitrogens with one attached hydrogen (secondary N) is 1. The predicted octanol–water partition coefficient (Wildman–Crippen LogP) is 2.12. The van der Waals surface area contributed by atoms with Crippen LogP contribution < -0.4 is 11.1 Å². The lowest BCUT2D eigenvalue weighted by molar-refractivity contribution is -0.118. The van der Waals surface area contributed by atoms with Gasteiger partial charge in [-0.25, -0.2) is 4.79 Å². The van der Waals surface area contributed by atoms with Crippen LogP contribution in [-0.2, 0) is 14.1 Å². The summed E-state index contributed by atoms with van der Waals surface area (Å²) in [6, 6.07) is 4.64. The van der Waals surface area contributed by atoms with Gasteiger partial charge in [0.05, 0.1) is 16.8 Å². The zero-order valence-electron chi connectivity index (χ0n) is 15.8. The number of carbonyl (C=O) groups excluding carboxylic acids is 1. The molecule has 26 heavy (non-hydrogen) atoms. The number of nitrogen functional groups attached to an aromatic ring is 1. The van der Waals surface area contributed by atoms with E-state index < -0.39 is 24.3 Å². The Balaban J connectivity index is 2.45. The first-order chi connectivity index (χ1) is 11.9. The van der Waals surface area contributed by atoms with Crippen molar-refractivity contribution in [2.75, 3.05) is 12.3 Å². The smallest absolute Gasteiger partial charge is 0.478 e. The molecule has 0 unspecified atom stereocenters. The Kier molecular flexibility index (Phi) is 5.48. The Morgan fingerprint density at radius 1 is 1.23 bits per heavy atom. The number of carboxylic acid groups (broad SMARTS) is 1. The highest BCUT2D eigenvalue weighted by atomic mass is 16.7. The van der Waals surface area contributed by atoms with Gasteiger partial charge in [0.15, 0.2) is 0 Å². The lowest BCUT2D eigenvalue weighted by Crippen LogP contribution is -2.41. The van der Waals surface area contributed by atoms with Crippen molar-refractivity contribution in [3.63, 3.8) is 0 Å². The molecule has 2 rings (SSSR count). The Bertz CT molecular complexity index is 742. The average molecular weight is 360 g/mol. The second-order valence-corrected chi connectivity index (χ2v) is 7.37. The number of rotatable bonds is 5. The van der Waals surface area contributed by atoms with Crippen LogP contribution in [0.1, 0.15) is 50.5 Å². The van der Waals surface area contributed by atoms with Crippen LogP contribution in [0.5, 0.6) is 0 Å².